The molecule has 5 aromatic rings. The largest absolute Gasteiger partial charge is 0.294 e. The van der Waals surface area contributed by atoms with Crippen molar-refractivity contribution in [2.45, 2.75) is 24.7 Å². The molecule has 2 atom stereocenters. The molecule has 0 aliphatic heterocycles. The zero-order valence-electron chi connectivity index (χ0n) is 21.0. The van der Waals surface area contributed by atoms with Crippen LogP contribution in [-0.4, -0.2) is 5.78 Å². The Labute approximate surface area is 220 Å². The van der Waals surface area contributed by atoms with E-state index in [2.05, 4.69) is 121 Å². The van der Waals surface area contributed by atoms with Gasteiger partial charge in [0.1, 0.15) is 0 Å². The van der Waals surface area contributed by atoms with Crippen LogP contribution >= 0.6 is 0 Å². The first-order valence-corrected chi connectivity index (χ1v) is 13.1. The fourth-order valence-electron chi connectivity index (χ4n) is 5.54. The number of hydrogen-bond acceptors (Lipinski definition) is 1. The van der Waals surface area contributed by atoms with Crippen LogP contribution in [0.3, 0.4) is 0 Å². The predicted octanol–water partition coefficient (Wildman–Crippen LogP) is 8.73. The van der Waals surface area contributed by atoms with Crippen LogP contribution in [0.4, 0.5) is 0 Å². The zero-order chi connectivity index (χ0) is 25.3. The summed E-state index contributed by atoms with van der Waals surface area (Å²) in [7, 11) is 0. The van der Waals surface area contributed by atoms with Crippen LogP contribution in [0.5, 0.6) is 0 Å². The van der Waals surface area contributed by atoms with Gasteiger partial charge < -0.3 is 0 Å². The Balaban J connectivity index is 1.65. The van der Waals surface area contributed by atoms with E-state index in [9.17, 15) is 4.79 Å². The molecule has 1 heteroatoms. The minimum atomic E-state index is 0.0412. The van der Waals surface area contributed by atoms with Gasteiger partial charge in [-0.25, -0.2) is 0 Å². The lowest BCUT2D eigenvalue weighted by atomic mass is 9.68. The van der Waals surface area contributed by atoms with E-state index in [0.717, 1.165) is 12.0 Å². The fraction of sp³-hybridized carbons (Fsp3) is 0.139. The van der Waals surface area contributed by atoms with Gasteiger partial charge in [-0.05, 0) is 40.5 Å². The lowest BCUT2D eigenvalue weighted by Gasteiger charge is -2.35. The van der Waals surface area contributed by atoms with Crippen molar-refractivity contribution in [2.24, 2.45) is 5.92 Å². The van der Waals surface area contributed by atoms with Gasteiger partial charge in [-0.1, -0.05) is 152 Å². The van der Waals surface area contributed by atoms with Crippen LogP contribution in [0.15, 0.2) is 152 Å². The lowest BCUT2D eigenvalue weighted by Crippen LogP contribution is -2.26. The first kappa shape index (κ1) is 24.5. The van der Waals surface area contributed by atoms with Crippen molar-refractivity contribution in [2.75, 3.05) is 0 Å². The normalized spacial score (nSPS) is 12.7. The third-order valence-corrected chi connectivity index (χ3v) is 7.31. The molecule has 0 aliphatic rings. The van der Waals surface area contributed by atoms with E-state index in [1.54, 1.807) is 0 Å². The van der Waals surface area contributed by atoms with Crippen molar-refractivity contribution in [3.8, 4) is 0 Å². The van der Waals surface area contributed by atoms with E-state index in [0.29, 0.717) is 6.42 Å². The summed E-state index contributed by atoms with van der Waals surface area (Å²) in [5.74, 6) is 0.533. The molecule has 0 heterocycles. The van der Waals surface area contributed by atoms with Gasteiger partial charge in [-0.3, -0.25) is 4.79 Å². The molecule has 0 saturated heterocycles. The number of benzene rings is 5. The van der Waals surface area contributed by atoms with E-state index in [1.165, 1.54) is 22.3 Å². The highest BCUT2D eigenvalue weighted by atomic mass is 16.1. The quantitative estimate of drug-likeness (QED) is 0.183. The van der Waals surface area contributed by atoms with E-state index in [-0.39, 0.29) is 23.5 Å². The Morgan fingerprint density at radius 1 is 0.486 bits per heavy atom. The van der Waals surface area contributed by atoms with Crippen LogP contribution in [-0.2, 0) is 6.42 Å². The number of ketones is 1. The average molecular weight is 481 g/mol. The van der Waals surface area contributed by atoms with Crippen LogP contribution in [0.2, 0.25) is 0 Å². The summed E-state index contributed by atoms with van der Waals surface area (Å²) >= 11 is 0. The number of carbonyl (C=O) groups is 1. The second-order valence-corrected chi connectivity index (χ2v) is 9.66. The van der Waals surface area contributed by atoms with Crippen molar-refractivity contribution >= 4 is 5.78 Å². The monoisotopic (exact) mass is 480 g/mol. The minimum absolute atomic E-state index is 0.0412. The molecular weight excluding hydrogens is 448 g/mol. The van der Waals surface area contributed by atoms with Crippen molar-refractivity contribution < 1.29 is 4.79 Å². The third kappa shape index (κ3) is 6.13. The minimum Gasteiger partial charge on any atom is -0.294 e. The van der Waals surface area contributed by atoms with Gasteiger partial charge >= 0.3 is 0 Å². The molecule has 0 fully saturated rings. The van der Waals surface area contributed by atoms with Gasteiger partial charge in [0.25, 0.3) is 0 Å². The van der Waals surface area contributed by atoms with Crippen molar-refractivity contribution in [3.63, 3.8) is 0 Å². The molecule has 0 unspecified atom stereocenters. The Hall–Kier alpha value is -4.23. The number of rotatable bonds is 10. The van der Waals surface area contributed by atoms with Gasteiger partial charge in [0.2, 0.25) is 0 Å². The van der Waals surface area contributed by atoms with E-state index in [1.807, 2.05) is 30.3 Å². The Kier molecular flexibility index (Phi) is 8.03. The third-order valence-electron chi connectivity index (χ3n) is 7.31. The van der Waals surface area contributed by atoms with Crippen LogP contribution in [0, 0.1) is 5.92 Å². The molecule has 0 amide bonds. The number of Topliss-reactive ketones (excluding diaryl/α,β-unsaturated/α-hetero) is 1. The molecule has 5 aromatic carbocycles. The van der Waals surface area contributed by atoms with E-state index in [4.69, 9.17) is 0 Å². The SMILES string of the molecule is O=C(C[C@H](c1ccccc1)[C@@H](Cc1ccccc1)C(c1ccccc1)c1ccccc1)c1ccccc1. The van der Waals surface area contributed by atoms with Crippen molar-refractivity contribution in [1.29, 1.82) is 0 Å². The molecule has 0 bridgehead atoms. The molecule has 0 N–H and O–H groups in total. The molecule has 0 aromatic heterocycles. The topological polar surface area (TPSA) is 17.1 Å². The summed E-state index contributed by atoms with van der Waals surface area (Å²) in [5, 5.41) is 0. The maximum absolute atomic E-state index is 13.7. The highest BCUT2D eigenvalue weighted by Crippen LogP contribution is 2.44. The second kappa shape index (κ2) is 12.1. The van der Waals surface area contributed by atoms with Crippen molar-refractivity contribution in [3.05, 3.63) is 179 Å². The second-order valence-electron chi connectivity index (χ2n) is 9.66. The highest BCUT2D eigenvalue weighted by molar-refractivity contribution is 5.96. The molecule has 0 saturated carbocycles. The zero-order valence-corrected chi connectivity index (χ0v) is 21.0. The van der Waals surface area contributed by atoms with Crippen LogP contribution in [0.1, 0.15) is 50.9 Å². The Bertz CT molecular complexity index is 1320. The molecular formula is C36H32O. The fourth-order valence-corrected chi connectivity index (χ4v) is 5.54. The molecule has 5 rings (SSSR count). The average Bonchev–Trinajstić information content (AvgIpc) is 2.98. The molecule has 0 spiro atoms. The maximum atomic E-state index is 13.7. The van der Waals surface area contributed by atoms with Crippen LogP contribution < -0.4 is 0 Å². The summed E-state index contributed by atoms with van der Waals surface area (Å²) in [6, 6.07) is 52.6. The lowest BCUT2D eigenvalue weighted by molar-refractivity contribution is 0.0961. The van der Waals surface area contributed by atoms with Gasteiger partial charge in [-0.15, -0.1) is 0 Å². The number of carbonyl (C=O) groups excluding carboxylic acids is 1. The molecule has 182 valence electrons. The van der Waals surface area contributed by atoms with E-state index >= 15 is 0 Å². The van der Waals surface area contributed by atoms with Gasteiger partial charge in [-0.2, -0.15) is 0 Å². The number of hydrogen-bond donors (Lipinski definition) is 0. The smallest absolute Gasteiger partial charge is 0.163 e. The summed E-state index contributed by atoms with van der Waals surface area (Å²) in [5.41, 5.74) is 5.84. The van der Waals surface area contributed by atoms with Gasteiger partial charge in [0, 0.05) is 17.9 Å². The Morgan fingerprint density at radius 2 is 0.892 bits per heavy atom. The van der Waals surface area contributed by atoms with Crippen molar-refractivity contribution in [1.82, 2.24) is 0 Å². The standard InChI is InChI=1S/C36H32O/c37-35(30-20-10-3-11-21-30)27-33(29-18-8-2-9-19-29)34(26-28-16-6-1-7-17-28)36(31-22-12-4-13-23-31)32-24-14-5-15-25-32/h1-25,33-34,36H,26-27H2/t33-,34-/m1/s1. The summed E-state index contributed by atoms with van der Waals surface area (Å²) in [4.78, 5) is 13.7. The first-order valence-electron chi connectivity index (χ1n) is 13.1. The highest BCUT2D eigenvalue weighted by Gasteiger charge is 2.34. The summed E-state index contributed by atoms with van der Waals surface area (Å²) < 4.78 is 0. The Morgan fingerprint density at radius 3 is 1.38 bits per heavy atom. The predicted molar refractivity (Wildman–Crippen MR) is 153 cm³/mol. The first-order chi connectivity index (χ1) is 18.3. The summed E-state index contributed by atoms with van der Waals surface area (Å²) in [6.07, 6.45) is 1.33. The molecule has 0 radical (unpaired) electrons. The van der Waals surface area contributed by atoms with E-state index < -0.39 is 0 Å². The van der Waals surface area contributed by atoms with Gasteiger partial charge in [0.15, 0.2) is 5.78 Å². The maximum Gasteiger partial charge on any atom is 0.163 e. The molecule has 0 aliphatic carbocycles. The van der Waals surface area contributed by atoms with Gasteiger partial charge in [0.05, 0.1) is 0 Å². The molecule has 1 nitrogen and oxygen atoms in total. The van der Waals surface area contributed by atoms with Crippen LogP contribution in [0.25, 0.3) is 0 Å². The molecule has 37 heavy (non-hydrogen) atoms. The summed E-state index contributed by atoms with van der Waals surface area (Å²) in [6.45, 7) is 0.